The van der Waals surface area contributed by atoms with Crippen molar-refractivity contribution in [1.82, 2.24) is 10.2 Å². The van der Waals surface area contributed by atoms with Gasteiger partial charge in [-0.3, -0.25) is 4.79 Å². The van der Waals surface area contributed by atoms with Gasteiger partial charge in [-0.2, -0.15) is 0 Å². The average Bonchev–Trinajstić information content (AvgIpc) is 2.75. The van der Waals surface area contributed by atoms with Crippen LogP contribution in [0.15, 0.2) is 48.5 Å². The number of benzene rings is 2. The second kappa shape index (κ2) is 11.0. The standard InChI is InChI=1S/C24H30FN3O3/c1-17(29)20-3-2-4-22(14-20)27-24(31)26-15-23(30)16-28-11-9-19(10-12-28)13-18-5-7-21(25)8-6-18/h2-8,14,19,23,30H,9-13,15-16H2,1H3,(H2,26,27,31). The predicted molar refractivity (Wildman–Crippen MR) is 119 cm³/mol. The Morgan fingerprint density at radius 2 is 1.87 bits per heavy atom. The summed E-state index contributed by atoms with van der Waals surface area (Å²) in [4.78, 5) is 25.7. The molecule has 1 aliphatic heterocycles. The number of β-amino-alcohol motifs (C(OH)–C–C–N with tert-alkyl or cyclic N) is 1. The van der Waals surface area contributed by atoms with E-state index in [0.29, 0.717) is 23.7 Å². The van der Waals surface area contributed by atoms with Gasteiger partial charge in [-0.1, -0.05) is 24.3 Å². The number of carbonyl (C=O) groups is 2. The first kappa shape index (κ1) is 22.9. The highest BCUT2D eigenvalue weighted by Gasteiger charge is 2.21. The molecule has 1 heterocycles. The molecule has 2 aromatic rings. The molecule has 0 spiro atoms. The van der Waals surface area contributed by atoms with Gasteiger partial charge in [-0.25, -0.2) is 9.18 Å². The highest BCUT2D eigenvalue weighted by atomic mass is 19.1. The molecule has 31 heavy (non-hydrogen) atoms. The number of rotatable bonds is 8. The van der Waals surface area contributed by atoms with Crippen LogP contribution in [-0.2, 0) is 6.42 Å². The molecule has 1 unspecified atom stereocenters. The zero-order chi connectivity index (χ0) is 22.2. The smallest absolute Gasteiger partial charge is 0.319 e. The number of carbonyl (C=O) groups excluding carboxylic acids is 2. The maximum absolute atomic E-state index is 13.0. The average molecular weight is 428 g/mol. The molecular formula is C24H30FN3O3. The van der Waals surface area contributed by atoms with Gasteiger partial charge in [-0.15, -0.1) is 0 Å². The normalized spacial score (nSPS) is 16.0. The van der Waals surface area contributed by atoms with Crippen LogP contribution in [0.5, 0.6) is 0 Å². The molecule has 1 saturated heterocycles. The first-order valence-corrected chi connectivity index (χ1v) is 10.7. The zero-order valence-electron chi connectivity index (χ0n) is 17.8. The molecule has 3 N–H and O–H groups in total. The van der Waals surface area contributed by atoms with Crippen molar-refractivity contribution >= 4 is 17.5 Å². The third-order valence-corrected chi connectivity index (χ3v) is 5.64. The Hall–Kier alpha value is -2.77. The zero-order valence-corrected chi connectivity index (χ0v) is 17.8. The lowest BCUT2D eigenvalue weighted by atomic mass is 9.90. The third-order valence-electron chi connectivity index (χ3n) is 5.64. The lowest BCUT2D eigenvalue weighted by Crippen LogP contribution is -2.44. The predicted octanol–water partition coefficient (Wildman–Crippen LogP) is 3.47. The number of piperidine rings is 1. The van der Waals surface area contributed by atoms with Gasteiger partial charge >= 0.3 is 6.03 Å². The molecule has 7 heteroatoms. The van der Waals surface area contributed by atoms with Crippen LogP contribution in [0.2, 0.25) is 0 Å². The topological polar surface area (TPSA) is 81.7 Å². The largest absolute Gasteiger partial charge is 0.390 e. The number of hydrogen-bond acceptors (Lipinski definition) is 4. The third kappa shape index (κ3) is 7.45. The molecule has 1 aliphatic rings. The van der Waals surface area contributed by atoms with E-state index >= 15 is 0 Å². The summed E-state index contributed by atoms with van der Waals surface area (Å²) in [5.41, 5.74) is 2.22. The second-order valence-electron chi connectivity index (χ2n) is 8.20. The summed E-state index contributed by atoms with van der Waals surface area (Å²) >= 11 is 0. The minimum absolute atomic E-state index is 0.0686. The van der Waals surface area contributed by atoms with Crippen molar-refractivity contribution in [2.75, 3.05) is 31.5 Å². The lowest BCUT2D eigenvalue weighted by Gasteiger charge is -2.33. The number of nitrogens with one attached hydrogen (secondary N) is 2. The summed E-state index contributed by atoms with van der Waals surface area (Å²) in [6.07, 6.45) is 2.35. The van der Waals surface area contributed by atoms with Crippen molar-refractivity contribution in [1.29, 1.82) is 0 Å². The summed E-state index contributed by atoms with van der Waals surface area (Å²) in [5, 5.41) is 15.6. The van der Waals surface area contributed by atoms with Crippen LogP contribution in [0.25, 0.3) is 0 Å². The fraction of sp³-hybridized carbons (Fsp3) is 0.417. The van der Waals surface area contributed by atoms with Crippen LogP contribution in [0.4, 0.5) is 14.9 Å². The molecule has 6 nitrogen and oxygen atoms in total. The minimum atomic E-state index is -0.664. The summed E-state index contributed by atoms with van der Waals surface area (Å²) in [6, 6.07) is 13.0. The first-order valence-electron chi connectivity index (χ1n) is 10.7. The molecule has 0 radical (unpaired) electrons. The van der Waals surface area contributed by atoms with Gasteiger partial charge in [0.2, 0.25) is 0 Å². The molecule has 166 valence electrons. The lowest BCUT2D eigenvalue weighted by molar-refractivity contribution is 0.0902. The van der Waals surface area contributed by atoms with E-state index in [9.17, 15) is 19.1 Å². The van der Waals surface area contributed by atoms with E-state index < -0.39 is 12.1 Å². The van der Waals surface area contributed by atoms with Gasteiger partial charge in [0.1, 0.15) is 5.82 Å². The highest BCUT2D eigenvalue weighted by molar-refractivity contribution is 5.96. The number of urea groups is 1. The van der Waals surface area contributed by atoms with E-state index in [-0.39, 0.29) is 18.1 Å². The van der Waals surface area contributed by atoms with Crippen molar-refractivity contribution < 1.29 is 19.1 Å². The van der Waals surface area contributed by atoms with Crippen LogP contribution in [0.1, 0.15) is 35.7 Å². The molecule has 1 atom stereocenters. The monoisotopic (exact) mass is 427 g/mol. The van der Waals surface area contributed by atoms with Crippen LogP contribution in [0, 0.1) is 11.7 Å². The minimum Gasteiger partial charge on any atom is -0.390 e. The first-order chi connectivity index (χ1) is 14.9. The summed E-state index contributed by atoms with van der Waals surface area (Å²) in [6.45, 7) is 3.91. The number of aliphatic hydroxyl groups excluding tert-OH is 1. The fourth-order valence-corrected chi connectivity index (χ4v) is 3.89. The molecular weight excluding hydrogens is 397 g/mol. The molecule has 3 rings (SSSR count). The maximum Gasteiger partial charge on any atom is 0.319 e. The molecule has 2 amide bonds. The Bertz CT molecular complexity index is 880. The number of ketones is 1. The van der Waals surface area contributed by atoms with Crippen molar-refractivity contribution in [2.24, 2.45) is 5.92 Å². The van der Waals surface area contributed by atoms with Crippen LogP contribution >= 0.6 is 0 Å². The Kier molecular flexibility index (Phi) is 8.14. The molecule has 2 aromatic carbocycles. The summed E-state index contributed by atoms with van der Waals surface area (Å²) in [7, 11) is 0. The van der Waals surface area contributed by atoms with E-state index in [4.69, 9.17) is 0 Å². The Labute approximate surface area is 182 Å². The van der Waals surface area contributed by atoms with E-state index in [1.54, 1.807) is 24.3 Å². The number of aliphatic hydroxyl groups is 1. The van der Waals surface area contributed by atoms with E-state index in [2.05, 4.69) is 15.5 Å². The number of Topliss-reactive ketones (excluding diaryl/α,β-unsaturated/α-hetero) is 1. The van der Waals surface area contributed by atoms with Gasteiger partial charge in [0.05, 0.1) is 6.10 Å². The van der Waals surface area contributed by atoms with Crippen molar-refractivity contribution in [3.8, 4) is 0 Å². The van der Waals surface area contributed by atoms with E-state index in [1.165, 1.54) is 19.1 Å². The maximum atomic E-state index is 13.0. The Morgan fingerprint density at radius 1 is 1.16 bits per heavy atom. The molecule has 0 aliphatic carbocycles. The molecule has 1 fully saturated rings. The fourth-order valence-electron chi connectivity index (χ4n) is 3.89. The van der Waals surface area contributed by atoms with E-state index in [1.807, 2.05) is 12.1 Å². The van der Waals surface area contributed by atoms with Crippen molar-refractivity contribution in [3.63, 3.8) is 0 Å². The molecule has 0 aromatic heterocycles. The molecule has 0 bridgehead atoms. The van der Waals surface area contributed by atoms with Crippen LogP contribution in [-0.4, -0.2) is 54.1 Å². The Balaban J connectivity index is 1.35. The molecule has 0 saturated carbocycles. The van der Waals surface area contributed by atoms with E-state index in [0.717, 1.165) is 37.9 Å². The number of nitrogens with zero attached hydrogens (tertiary/aromatic N) is 1. The quantitative estimate of drug-likeness (QED) is 0.564. The number of anilines is 1. The van der Waals surface area contributed by atoms with Crippen LogP contribution in [0.3, 0.4) is 0 Å². The number of amides is 2. The van der Waals surface area contributed by atoms with Gasteiger partial charge < -0.3 is 20.6 Å². The van der Waals surface area contributed by atoms with Crippen molar-refractivity contribution in [2.45, 2.75) is 32.3 Å². The highest BCUT2D eigenvalue weighted by Crippen LogP contribution is 2.22. The number of likely N-dealkylation sites (tertiary alicyclic amines) is 1. The Morgan fingerprint density at radius 3 is 2.55 bits per heavy atom. The number of halogens is 1. The second-order valence-corrected chi connectivity index (χ2v) is 8.20. The number of hydrogen-bond donors (Lipinski definition) is 3. The summed E-state index contributed by atoms with van der Waals surface area (Å²) in [5.74, 6) is 0.286. The SMILES string of the molecule is CC(=O)c1cccc(NC(=O)NCC(O)CN2CCC(Cc3ccc(F)cc3)CC2)c1. The van der Waals surface area contributed by atoms with Gasteiger partial charge in [0.15, 0.2) is 5.78 Å². The van der Waals surface area contributed by atoms with Gasteiger partial charge in [0, 0.05) is 24.3 Å². The van der Waals surface area contributed by atoms with Gasteiger partial charge in [-0.05, 0) is 75.0 Å². The van der Waals surface area contributed by atoms with Crippen LogP contribution < -0.4 is 10.6 Å². The van der Waals surface area contributed by atoms with Gasteiger partial charge in [0.25, 0.3) is 0 Å². The summed E-state index contributed by atoms with van der Waals surface area (Å²) < 4.78 is 13.0. The van der Waals surface area contributed by atoms with Crippen molar-refractivity contribution in [3.05, 3.63) is 65.5 Å².